The topological polar surface area (TPSA) is 71.3 Å². The third kappa shape index (κ3) is 3.69. The van der Waals surface area contributed by atoms with Crippen LogP contribution in [-0.2, 0) is 5.41 Å². The predicted molar refractivity (Wildman–Crippen MR) is 104 cm³/mol. The van der Waals surface area contributed by atoms with Crippen molar-refractivity contribution in [3.05, 3.63) is 22.8 Å². The van der Waals surface area contributed by atoms with Crippen molar-refractivity contribution < 1.29 is 9.32 Å². The van der Waals surface area contributed by atoms with Crippen LogP contribution in [0.25, 0.3) is 9.53 Å². The summed E-state index contributed by atoms with van der Waals surface area (Å²) in [5, 5.41) is 7.73. The minimum Gasteiger partial charge on any atom is -0.359 e. The molecular formula is C17H22N4O2S2. The molecule has 1 amide bonds. The Morgan fingerprint density at radius 1 is 1.24 bits per heavy atom. The van der Waals surface area contributed by atoms with Crippen molar-refractivity contribution in [1.29, 1.82) is 0 Å². The Morgan fingerprint density at radius 2 is 1.96 bits per heavy atom. The third-order valence-corrected chi connectivity index (χ3v) is 6.05. The normalized spacial score (nSPS) is 11.9. The van der Waals surface area contributed by atoms with E-state index < -0.39 is 0 Å². The Morgan fingerprint density at radius 3 is 2.52 bits per heavy atom. The van der Waals surface area contributed by atoms with Gasteiger partial charge in [0.1, 0.15) is 10.6 Å². The first-order valence-electron chi connectivity index (χ1n) is 8.25. The molecule has 0 radical (unpaired) electrons. The molecule has 6 nitrogen and oxygen atoms in total. The lowest BCUT2D eigenvalue weighted by Gasteiger charge is -2.16. The van der Waals surface area contributed by atoms with Gasteiger partial charge in [-0.05, 0) is 19.9 Å². The SMILES string of the molecule is CCN(CC)c1nc2sc(C(=O)Nc3cc(C(C)(C)C)on3)cc2s1. The van der Waals surface area contributed by atoms with Crippen molar-refractivity contribution in [1.82, 2.24) is 10.1 Å². The number of carbonyl (C=O) groups is 1. The molecule has 0 atom stereocenters. The van der Waals surface area contributed by atoms with E-state index in [2.05, 4.69) is 34.2 Å². The van der Waals surface area contributed by atoms with Gasteiger partial charge in [-0.15, -0.1) is 11.3 Å². The van der Waals surface area contributed by atoms with Crippen LogP contribution in [0.2, 0.25) is 0 Å². The summed E-state index contributed by atoms with van der Waals surface area (Å²) in [5.74, 6) is 0.984. The summed E-state index contributed by atoms with van der Waals surface area (Å²) >= 11 is 3.02. The first-order valence-corrected chi connectivity index (χ1v) is 9.89. The maximum absolute atomic E-state index is 12.5. The second kappa shape index (κ2) is 6.76. The number of carbonyl (C=O) groups excluding carboxylic acids is 1. The summed E-state index contributed by atoms with van der Waals surface area (Å²) in [5.41, 5.74) is -0.147. The summed E-state index contributed by atoms with van der Waals surface area (Å²) < 4.78 is 6.33. The second-order valence-corrected chi connectivity index (χ2v) is 8.77. The molecule has 0 saturated carbocycles. The molecule has 0 aliphatic carbocycles. The largest absolute Gasteiger partial charge is 0.359 e. The van der Waals surface area contributed by atoms with E-state index in [1.165, 1.54) is 11.3 Å². The molecule has 0 aliphatic rings. The van der Waals surface area contributed by atoms with E-state index in [4.69, 9.17) is 4.52 Å². The van der Waals surface area contributed by atoms with E-state index in [1.807, 2.05) is 26.8 Å². The molecule has 3 rings (SSSR count). The highest BCUT2D eigenvalue weighted by Gasteiger charge is 2.21. The van der Waals surface area contributed by atoms with Crippen molar-refractivity contribution >= 4 is 49.1 Å². The first kappa shape index (κ1) is 17.9. The second-order valence-electron chi connectivity index (χ2n) is 6.73. The number of amides is 1. The minimum atomic E-state index is -0.187. The number of thiophene rings is 1. The average molecular weight is 379 g/mol. The lowest BCUT2D eigenvalue weighted by molar-refractivity contribution is 0.102. The zero-order chi connectivity index (χ0) is 18.2. The zero-order valence-corrected chi connectivity index (χ0v) is 16.7. The summed E-state index contributed by atoms with van der Waals surface area (Å²) in [7, 11) is 0. The Labute approximate surface area is 154 Å². The van der Waals surface area contributed by atoms with Crippen LogP contribution in [0.5, 0.6) is 0 Å². The highest BCUT2D eigenvalue weighted by atomic mass is 32.1. The monoisotopic (exact) mass is 378 g/mol. The van der Waals surface area contributed by atoms with Crippen LogP contribution in [-0.4, -0.2) is 29.1 Å². The van der Waals surface area contributed by atoms with Gasteiger partial charge in [-0.3, -0.25) is 4.79 Å². The summed E-state index contributed by atoms with van der Waals surface area (Å²) in [6.07, 6.45) is 0. The van der Waals surface area contributed by atoms with E-state index in [-0.39, 0.29) is 11.3 Å². The van der Waals surface area contributed by atoms with Crippen molar-refractivity contribution in [2.45, 2.75) is 40.0 Å². The molecule has 0 spiro atoms. The number of hydrogen-bond donors (Lipinski definition) is 1. The molecule has 0 bridgehead atoms. The zero-order valence-electron chi connectivity index (χ0n) is 15.0. The number of fused-ring (bicyclic) bond motifs is 1. The van der Waals surface area contributed by atoms with Crippen LogP contribution in [0.1, 0.15) is 50.1 Å². The van der Waals surface area contributed by atoms with E-state index in [0.29, 0.717) is 10.7 Å². The lowest BCUT2D eigenvalue weighted by atomic mass is 9.93. The number of anilines is 2. The molecular weight excluding hydrogens is 356 g/mol. The van der Waals surface area contributed by atoms with Gasteiger partial charge in [0, 0.05) is 24.6 Å². The van der Waals surface area contributed by atoms with Crippen molar-refractivity contribution in [3.63, 3.8) is 0 Å². The van der Waals surface area contributed by atoms with Gasteiger partial charge in [-0.2, -0.15) is 0 Å². The molecule has 8 heteroatoms. The van der Waals surface area contributed by atoms with E-state index in [1.54, 1.807) is 17.4 Å². The van der Waals surface area contributed by atoms with Crippen molar-refractivity contribution in [2.24, 2.45) is 0 Å². The van der Waals surface area contributed by atoms with Crippen LogP contribution in [0, 0.1) is 0 Å². The minimum absolute atomic E-state index is 0.147. The molecule has 1 N–H and O–H groups in total. The summed E-state index contributed by atoms with van der Waals surface area (Å²) in [4.78, 5) is 20.8. The number of rotatable bonds is 5. The number of hydrogen-bond acceptors (Lipinski definition) is 7. The van der Waals surface area contributed by atoms with Gasteiger partial charge in [0.2, 0.25) is 0 Å². The molecule has 0 aliphatic heterocycles. The van der Waals surface area contributed by atoms with Gasteiger partial charge < -0.3 is 14.7 Å². The number of thiazole rings is 1. The fraction of sp³-hybridized carbons (Fsp3) is 0.471. The van der Waals surface area contributed by atoms with Crippen LogP contribution in [0.3, 0.4) is 0 Å². The van der Waals surface area contributed by atoms with Gasteiger partial charge in [-0.1, -0.05) is 37.3 Å². The van der Waals surface area contributed by atoms with Crippen molar-refractivity contribution in [2.75, 3.05) is 23.3 Å². The summed E-state index contributed by atoms with van der Waals surface area (Å²) in [6.45, 7) is 12.2. The molecule has 0 saturated heterocycles. The molecule has 0 aromatic carbocycles. The fourth-order valence-electron chi connectivity index (χ4n) is 2.33. The Kier molecular flexibility index (Phi) is 4.83. The molecule has 0 fully saturated rings. The van der Waals surface area contributed by atoms with Gasteiger partial charge in [-0.25, -0.2) is 4.98 Å². The maximum Gasteiger partial charge on any atom is 0.267 e. The molecule has 134 valence electrons. The number of nitrogens with zero attached hydrogens (tertiary/aromatic N) is 3. The number of nitrogens with one attached hydrogen (secondary N) is 1. The third-order valence-electron chi connectivity index (χ3n) is 3.83. The van der Waals surface area contributed by atoms with E-state index in [0.717, 1.165) is 33.5 Å². The standard InChI is InChI=1S/C17H22N4O2S2/c1-6-21(7-2)16-19-15-11(25-16)8-10(24-15)14(22)18-13-9-12(23-20-13)17(3,4)5/h8-9H,6-7H2,1-5H3,(H,18,20,22). The van der Waals surface area contributed by atoms with Gasteiger partial charge >= 0.3 is 0 Å². The molecule has 3 aromatic rings. The highest BCUT2D eigenvalue weighted by molar-refractivity contribution is 7.29. The van der Waals surface area contributed by atoms with E-state index >= 15 is 0 Å². The Hall–Kier alpha value is -1.93. The van der Waals surface area contributed by atoms with E-state index in [9.17, 15) is 4.79 Å². The van der Waals surface area contributed by atoms with Gasteiger partial charge in [0.25, 0.3) is 5.91 Å². The van der Waals surface area contributed by atoms with Gasteiger partial charge in [0.15, 0.2) is 10.9 Å². The quantitative estimate of drug-likeness (QED) is 0.694. The molecule has 25 heavy (non-hydrogen) atoms. The predicted octanol–water partition coefficient (Wildman–Crippen LogP) is 4.74. The Balaban J connectivity index is 1.76. The lowest BCUT2D eigenvalue weighted by Crippen LogP contribution is -2.21. The van der Waals surface area contributed by atoms with Crippen LogP contribution in [0.15, 0.2) is 16.7 Å². The molecule has 3 aromatic heterocycles. The maximum atomic E-state index is 12.5. The summed E-state index contributed by atoms with van der Waals surface area (Å²) in [6, 6.07) is 3.66. The van der Waals surface area contributed by atoms with Crippen LogP contribution >= 0.6 is 22.7 Å². The average Bonchev–Trinajstić information content (AvgIpc) is 3.21. The first-order chi connectivity index (χ1) is 11.8. The molecule has 3 heterocycles. The van der Waals surface area contributed by atoms with Crippen molar-refractivity contribution in [3.8, 4) is 0 Å². The number of aromatic nitrogens is 2. The van der Waals surface area contributed by atoms with Crippen LogP contribution < -0.4 is 10.2 Å². The Bertz CT molecular complexity index is 853. The van der Waals surface area contributed by atoms with Crippen LogP contribution in [0.4, 0.5) is 10.9 Å². The molecule has 0 unspecified atom stereocenters. The fourth-order valence-corrected chi connectivity index (χ4v) is 4.56. The highest BCUT2D eigenvalue weighted by Crippen LogP contribution is 2.35. The smallest absolute Gasteiger partial charge is 0.267 e. The van der Waals surface area contributed by atoms with Gasteiger partial charge in [0.05, 0.1) is 9.58 Å².